The van der Waals surface area contributed by atoms with Crippen molar-refractivity contribution in [2.75, 3.05) is 18.5 Å². The first kappa shape index (κ1) is 14.4. The molecule has 1 saturated heterocycles. The average molecular weight is 289 g/mol. The Labute approximate surface area is 125 Å². The Morgan fingerprint density at radius 3 is 2.86 bits per heavy atom. The van der Waals surface area contributed by atoms with Gasteiger partial charge in [0, 0.05) is 24.3 Å². The highest BCUT2D eigenvalue weighted by atomic mass is 16.5. The van der Waals surface area contributed by atoms with Gasteiger partial charge in [0.25, 0.3) is 0 Å². The smallest absolute Gasteiger partial charge is 0.227 e. The lowest BCUT2D eigenvalue weighted by molar-refractivity contribution is -0.119. The molecule has 4 nitrogen and oxygen atoms in total. The number of ether oxygens (including phenoxy) is 2. The Hall–Kier alpha value is -1.55. The fraction of sp³-hybridized carbons (Fsp3) is 0.588. The molecule has 2 aliphatic rings. The largest absolute Gasteiger partial charge is 0.491 e. The molecule has 3 rings (SSSR count). The molecule has 1 aromatic rings. The van der Waals surface area contributed by atoms with Gasteiger partial charge in [0.2, 0.25) is 5.91 Å². The lowest BCUT2D eigenvalue weighted by Gasteiger charge is -2.14. The van der Waals surface area contributed by atoms with Gasteiger partial charge in [0.15, 0.2) is 0 Å². The van der Waals surface area contributed by atoms with Crippen LogP contribution < -0.4 is 10.1 Å². The van der Waals surface area contributed by atoms with Crippen LogP contribution in [0.3, 0.4) is 0 Å². The minimum absolute atomic E-state index is 0.142. The summed E-state index contributed by atoms with van der Waals surface area (Å²) in [5.41, 5.74) is 0.816. The van der Waals surface area contributed by atoms with E-state index in [1.807, 2.05) is 24.3 Å². The van der Waals surface area contributed by atoms with Crippen molar-refractivity contribution in [1.82, 2.24) is 0 Å². The van der Waals surface area contributed by atoms with Crippen molar-refractivity contribution < 1.29 is 14.3 Å². The molecule has 21 heavy (non-hydrogen) atoms. The van der Waals surface area contributed by atoms with Crippen LogP contribution in [0.2, 0.25) is 0 Å². The molecular formula is C17H23NO3. The molecule has 1 amide bonds. The molecule has 4 heteroatoms. The lowest BCUT2D eigenvalue weighted by atomic mass is 10.1. The van der Waals surface area contributed by atoms with Gasteiger partial charge in [-0.25, -0.2) is 0 Å². The summed E-state index contributed by atoms with van der Waals surface area (Å²) in [5.74, 6) is 1.11. The molecule has 0 bridgehead atoms. The zero-order valence-electron chi connectivity index (χ0n) is 12.3. The molecular weight excluding hydrogens is 266 g/mol. The number of rotatable bonds is 5. The summed E-state index contributed by atoms with van der Waals surface area (Å²) < 4.78 is 11.3. The monoisotopic (exact) mass is 289 g/mol. The molecule has 1 aliphatic carbocycles. The highest BCUT2D eigenvalue weighted by Gasteiger charge is 2.22. The zero-order chi connectivity index (χ0) is 14.5. The number of hydrogen-bond donors (Lipinski definition) is 1. The predicted octanol–water partition coefficient (Wildman–Crippen LogP) is 3.37. The molecule has 1 aromatic carbocycles. The number of amides is 1. The second-order valence-electron chi connectivity index (χ2n) is 5.94. The molecule has 1 heterocycles. The quantitative estimate of drug-likeness (QED) is 0.904. The second-order valence-corrected chi connectivity index (χ2v) is 5.94. The Morgan fingerprint density at radius 1 is 1.24 bits per heavy atom. The predicted molar refractivity (Wildman–Crippen MR) is 81.5 cm³/mol. The molecule has 1 aliphatic heterocycles. The third kappa shape index (κ3) is 3.97. The van der Waals surface area contributed by atoms with E-state index < -0.39 is 0 Å². The summed E-state index contributed by atoms with van der Waals surface area (Å²) in [6.07, 6.45) is 6.76. The highest BCUT2D eigenvalue weighted by Crippen LogP contribution is 2.27. The average Bonchev–Trinajstić information content (AvgIpc) is 3.19. The standard InChI is InChI=1S/C17H23NO3/c19-17(13-5-1-2-6-13)18-14-7-3-8-15(11-14)21-12-16-9-4-10-20-16/h3,7-8,11,13,16H,1-2,4-6,9-10,12H2,(H,18,19)/t16-/m0/s1. The molecule has 1 atom stereocenters. The number of anilines is 1. The van der Waals surface area contributed by atoms with Gasteiger partial charge >= 0.3 is 0 Å². The Morgan fingerprint density at radius 2 is 2.10 bits per heavy atom. The topological polar surface area (TPSA) is 47.6 Å². The van der Waals surface area contributed by atoms with Crippen LogP contribution in [0.25, 0.3) is 0 Å². The first-order valence-corrected chi connectivity index (χ1v) is 7.96. The van der Waals surface area contributed by atoms with Gasteiger partial charge in [0.05, 0.1) is 6.10 Å². The van der Waals surface area contributed by atoms with Crippen LogP contribution >= 0.6 is 0 Å². The number of benzene rings is 1. The minimum atomic E-state index is 0.142. The number of nitrogens with one attached hydrogen (secondary N) is 1. The summed E-state index contributed by atoms with van der Waals surface area (Å²) in [6.45, 7) is 1.42. The number of carbonyl (C=O) groups is 1. The molecule has 114 valence electrons. The molecule has 0 unspecified atom stereocenters. The maximum atomic E-state index is 12.1. The third-order valence-electron chi connectivity index (χ3n) is 4.29. The van der Waals surface area contributed by atoms with Crippen LogP contribution in [0, 0.1) is 5.92 Å². The van der Waals surface area contributed by atoms with Crippen molar-refractivity contribution in [3.8, 4) is 5.75 Å². The Bertz CT molecular complexity index is 477. The van der Waals surface area contributed by atoms with E-state index in [0.29, 0.717) is 6.61 Å². The SMILES string of the molecule is O=C(Nc1cccc(OC[C@@H]2CCCO2)c1)C1CCCC1. The van der Waals surface area contributed by atoms with Gasteiger partial charge in [-0.15, -0.1) is 0 Å². The summed E-state index contributed by atoms with van der Waals surface area (Å²) in [6, 6.07) is 7.63. The van der Waals surface area contributed by atoms with Gasteiger partial charge in [0.1, 0.15) is 12.4 Å². The van der Waals surface area contributed by atoms with Gasteiger partial charge in [-0.2, -0.15) is 0 Å². The van der Waals surface area contributed by atoms with Crippen molar-refractivity contribution >= 4 is 11.6 Å². The first-order valence-electron chi connectivity index (χ1n) is 7.96. The van der Waals surface area contributed by atoms with E-state index in [-0.39, 0.29) is 17.9 Å². The summed E-state index contributed by atoms with van der Waals surface area (Å²) in [7, 11) is 0. The van der Waals surface area contributed by atoms with Crippen molar-refractivity contribution in [3.05, 3.63) is 24.3 Å². The number of hydrogen-bond acceptors (Lipinski definition) is 3. The van der Waals surface area contributed by atoms with E-state index in [4.69, 9.17) is 9.47 Å². The minimum Gasteiger partial charge on any atom is -0.491 e. The maximum absolute atomic E-state index is 12.1. The molecule has 1 N–H and O–H groups in total. The fourth-order valence-electron chi connectivity index (χ4n) is 3.06. The van der Waals surface area contributed by atoms with Crippen LogP contribution in [0.5, 0.6) is 5.75 Å². The maximum Gasteiger partial charge on any atom is 0.227 e. The third-order valence-corrected chi connectivity index (χ3v) is 4.29. The van der Waals surface area contributed by atoms with Crippen LogP contribution in [0.1, 0.15) is 38.5 Å². The van der Waals surface area contributed by atoms with Gasteiger partial charge < -0.3 is 14.8 Å². The molecule has 1 saturated carbocycles. The van der Waals surface area contributed by atoms with Crippen molar-refractivity contribution in [1.29, 1.82) is 0 Å². The van der Waals surface area contributed by atoms with E-state index in [9.17, 15) is 4.79 Å². The Kier molecular flexibility index (Phi) is 4.76. The van der Waals surface area contributed by atoms with Crippen molar-refractivity contribution in [2.24, 2.45) is 5.92 Å². The Balaban J connectivity index is 1.53. The van der Waals surface area contributed by atoms with Gasteiger partial charge in [-0.3, -0.25) is 4.79 Å². The number of carbonyl (C=O) groups excluding carboxylic acids is 1. The van der Waals surface area contributed by atoms with E-state index >= 15 is 0 Å². The van der Waals surface area contributed by atoms with E-state index in [2.05, 4.69) is 5.32 Å². The normalized spacial score (nSPS) is 22.4. The summed E-state index contributed by atoms with van der Waals surface area (Å²) in [5, 5.41) is 3.00. The van der Waals surface area contributed by atoms with Crippen LogP contribution in [0.15, 0.2) is 24.3 Å². The molecule has 2 fully saturated rings. The molecule has 0 radical (unpaired) electrons. The van der Waals surface area contributed by atoms with Gasteiger partial charge in [-0.1, -0.05) is 18.9 Å². The second kappa shape index (κ2) is 6.94. The van der Waals surface area contributed by atoms with Crippen molar-refractivity contribution in [2.45, 2.75) is 44.6 Å². The van der Waals surface area contributed by atoms with Crippen LogP contribution in [0.4, 0.5) is 5.69 Å². The van der Waals surface area contributed by atoms with Crippen LogP contribution in [-0.4, -0.2) is 25.2 Å². The summed E-state index contributed by atoms with van der Waals surface area (Å²) >= 11 is 0. The van der Waals surface area contributed by atoms with Gasteiger partial charge in [-0.05, 0) is 37.8 Å². The van der Waals surface area contributed by atoms with E-state index in [1.54, 1.807) is 0 Å². The van der Waals surface area contributed by atoms with Crippen LogP contribution in [-0.2, 0) is 9.53 Å². The molecule has 0 spiro atoms. The van der Waals surface area contributed by atoms with E-state index in [0.717, 1.165) is 43.7 Å². The van der Waals surface area contributed by atoms with E-state index in [1.165, 1.54) is 12.8 Å². The molecule has 0 aromatic heterocycles. The lowest BCUT2D eigenvalue weighted by Crippen LogP contribution is -2.20. The zero-order valence-corrected chi connectivity index (χ0v) is 12.3. The first-order chi connectivity index (χ1) is 10.3. The summed E-state index contributed by atoms with van der Waals surface area (Å²) in [4.78, 5) is 12.1. The fourth-order valence-corrected chi connectivity index (χ4v) is 3.06. The highest BCUT2D eigenvalue weighted by molar-refractivity contribution is 5.92. The van der Waals surface area contributed by atoms with Crippen molar-refractivity contribution in [3.63, 3.8) is 0 Å².